The molecule has 0 fully saturated rings. The summed E-state index contributed by atoms with van der Waals surface area (Å²) in [6.07, 6.45) is 1.03. The first-order chi connectivity index (χ1) is 9.50. The highest BCUT2D eigenvalue weighted by Gasteiger charge is 2.25. The van der Waals surface area contributed by atoms with E-state index in [4.69, 9.17) is 12.2 Å². The molecule has 5 nitrogen and oxygen atoms in total. The quantitative estimate of drug-likeness (QED) is 0.843. The van der Waals surface area contributed by atoms with Crippen molar-refractivity contribution in [3.63, 3.8) is 0 Å². The Kier molecular flexibility index (Phi) is 3.94. The van der Waals surface area contributed by atoms with Crippen molar-refractivity contribution in [3.05, 3.63) is 28.5 Å². The Morgan fingerprint density at radius 1 is 1.38 bits per heavy atom. The van der Waals surface area contributed by atoms with Crippen LogP contribution in [-0.4, -0.2) is 29.8 Å². The Bertz CT molecular complexity index is 853. The highest BCUT2D eigenvalue weighted by Crippen LogP contribution is 2.22. The van der Waals surface area contributed by atoms with E-state index in [1.165, 1.54) is 10.6 Å². The minimum absolute atomic E-state index is 0.0108. The van der Waals surface area contributed by atoms with Crippen molar-refractivity contribution >= 4 is 33.3 Å². The number of nitrogens with one attached hydrogen (secondary N) is 2. The van der Waals surface area contributed by atoms with Crippen LogP contribution in [0.3, 0.4) is 0 Å². The molecule has 1 heterocycles. The van der Waals surface area contributed by atoms with Crippen LogP contribution < -0.4 is 4.72 Å². The molecule has 0 spiro atoms. The number of fused-ring (bicyclic) bond motifs is 1. The van der Waals surface area contributed by atoms with Gasteiger partial charge in [0.1, 0.15) is 5.52 Å². The van der Waals surface area contributed by atoms with Crippen molar-refractivity contribution in [3.8, 4) is 0 Å². The number of H-pyrrole nitrogens is 1. The lowest BCUT2D eigenvalue weighted by atomic mass is 10.1. The van der Waals surface area contributed by atoms with Gasteiger partial charge in [-0.1, -0.05) is 0 Å². The summed E-state index contributed by atoms with van der Waals surface area (Å²) in [6, 6.07) is 2.39. The van der Waals surface area contributed by atoms with E-state index in [-0.39, 0.29) is 16.8 Å². The lowest BCUT2D eigenvalue weighted by molar-refractivity contribution is 0.391. The average molecular weight is 335 g/mol. The van der Waals surface area contributed by atoms with E-state index in [0.717, 1.165) is 12.3 Å². The SMILES string of the molecule is CC(C)(Cn1c(=S)[nH]c2ccc(F)c(F)c21)NS(C)(=O)=O. The number of rotatable bonds is 4. The number of nitrogens with zero attached hydrogens (tertiary/aromatic N) is 1. The Hall–Kier alpha value is -1.32. The zero-order valence-electron chi connectivity index (χ0n) is 11.7. The molecule has 0 unspecified atom stereocenters. The third-order valence-electron chi connectivity index (χ3n) is 2.84. The van der Waals surface area contributed by atoms with Crippen LogP contribution in [0.25, 0.3) is 11.0 Å². The molecule has 0 saturated heterocycles. The number of hydrogen-bond acceptors (Lipinski definition) is 3. The van der Waals surface area contributed by atoms with Gasteiger partial charge in [-0.2, -0.15) is 0 Å². The van der Waals surface area contributed by atoms with Gasteiger partial charge in [-0.25, -0.2) is 21.9 Å². The predicted molar refractivity (Wildman–Crippen MR) is 79.1 cm³/mol. The summed E-state index contributed by atoms with van der Waals surface area (Å²) in [5.74, 6) is -2.01. The highest BCUT2D eigenvalue weighted by atomic mass is 32.2. The molecular formula is C12H15F2N3O2S2. The third kappa shape index (κ3) is 3.47. The second-order valence-corrected chi connectivity index (χ2v) is 7.67. The summed E-state index contributed by atoms with van der Waals surface area (Å²) in [5, 5.41) is 0. The second-order valence-electron chi connectivity index (χ2n) is 5.53. The molecular weight excluding hydrogens is 320 g/mol. The average Bonchev–Trinajstić information content (AvgIpc) is 2.58. The van der Waals surface area contributed by atoms with Crippen molar-refractivity contribution in [2.45, 2.75) is 25.9 Å². The van der Waals surface area contributed by atoms with Crippen molar-refractivity contribution in [2.24, 2.45) is 0 Å². The van der Waals surface area contributed by atoms with Crippen LogP contribution >= 0.6 is 12.2 Å². The van der Waals surface area contributed by atoms with E-state index in [2.05, 4.69) is 9.71 Å². The van der Waals surface area contributed by atoms with Crippen LogP contribution in [0, 0.1) is 16.4 Å². The Morgan fingerprint density at radius 2 is 2.00 bits per heavy atom. The minimum atomic E-state index is -3.44. The first-order valence-electron chi connectivity index (χ1n) is 6.06. The first-order valence-corrected chi connectivity index (χ1v) is 8.36. The number of hydrogen-bond donors (Lipinski definition) is 2. The first kappa shape index (κ1) is 16.1. The lowest BCUT2D eigenvalue weighted by Crippen LogP contribution is -2.46. The van der Waals surface area contributed by atoms with Gasteiger partial charge in [0.2, 0.25) is 10.0 Å². The van der Waals surface area contributed by atoms with Gasteiger partial charge in [0.15, 0.2) is 16.4 Å². The van der Waals surface area contributed by atoms with Crippen LogP contribution in [0.5, 0.6) is 0 Å². The summed E-state index contributed by atoms with van der Waals surface area (Å²) in [6.45, 7) is 3.32. The molecule has 0 radical (unpaired) electrons. The molecule has 116 valence electrons. The standard InChI is InChI=1S/C12H15F2N3O2S2/c1-12(2,16-21(3,18)19)6-17-10-8(15-11(17)20)5-4-7(13)9(10)14/h4-5,16H,6H2,1-3H3,(H,15,20). The monoisotopic (exact) mass is 335 g/mol. The van der Waals surface area contributed by atoms with Gasteiger partial charge in [0.05, 0.1) is 11.8 Å². The normalized spacial score (nSPS) is 13.0. The van der Waals surface area contributed by atoms with Gasteiger partial charge < -0.3 is 9.55 Å². The lowest BCUT2D eigenvalue weighted by Gasteiger charge is -2.25. The maximum atomic E-state index is 14.0. The molecule has 0 amide bonds. The Morgan fingerprint density at radius 3 is 2.57 bits per heavy atom. The third-order valence-corrected chi connectivity index (χ3v) is 4.09. The number of imidazole rings is 1. The fourth-order valence-corrected chi connectivity index (χ4v) is 3.60. The molecule has 1 aromatic carbocycles. The number of aromatic nitrogens is 2. The predicted octanol–water partition coefficient (Wildman–Crippen LogP) is 2.30. The van der Waals surface area contributed by atoms with Crippen molar-refractivity contribution in [2.75, 3.05) is 6.26 Å². The van der Waals surface area contributed by atoms with E-state index in [1.807, 2.05) is 0 Å². The molecule has 2 rings (SSSR count). The van der Waals surface area contributed by atoms with Gasteiger partial charge in [0, 0.05) is 12.1 Å². The minimum Gasteiger partial charge on any atom is -0.330 e. The van der Waals surface area contributed by atoms with Gasteiger partial charge in [-0.05, 0) is 38.2 Å². The van der Waals surface area contributed by atoms with Crippen LogP contribution in [0.2, 0.25) is 0 Å². The van der Waals surface area contributed by atoms with Crippen molar-refractivity contribution in [1.82, 2.24) is 14.3 Å². The van der Waals surface area contributed by atoms with Gasteiger partial charge in [-0.15, -0.1) is 0 Å². The number of sulfonamides is 1. The van der Waals surface area contributed by atoms with Gasteiger partial charge in [0.25, 0.3) is 0 Å². The largest absolute Gasteiger partial charge is 0.330 e. The molecule has 0 saturated carbocycles. The summed E-state index contributed by atoms with van der Waals surface area (Å²) in [4.78, 5) is 2.77. The number of benzene rings is 1. The fraction of sp³-hybridized carbons (Fsp3) is 0.417. The summed E-state index contributed by atoms with van der Waals surface area (Å²) < 4.78 is 54.1. The summed E-state index contributed by atoms with van der Waals surface area (Å²) in [5.41, 5.74) is -0.572. The summed E-state index contributed by atoms with van der Waals surface area (Å²) in [7, 11) is -3.44. The molecule has 9 heteroatoms. The van der Waals surface area contributed by atoms with E-state index >= 15 is 0 Å². The van der Waals surface area contributed by atoms with Crippen molar-refractivity contribution < 1.29 is 17.2 Å². The molecule has 0 aliphatic heterocycles. The van der Waals surface area contributed by atoms with Gasteiger partial charge in [-0.3, -0.25) is 0 Å². The maximum Gasteiger partial charge on any atom is 0.209 e. The molecule has 2 N–H and O–H groups in total. The van der Waals surface area contributed by atoms with E-state index in [0.29, 0.717) is 5.52 Å². The Labute approximate surface area is 126 Å². The Balaban J connectivity index is 2.55. The molecule has 0 aliphatic rings. The molecule has 0 aliphatic carbocycles. The van der Waals surface area contributed by atoms with E-state index in [9.17, 15) is 17.2 Å². The maximum absolute atomic E-state index is 14.0. The molecule has 0 atom stereocenters. The highest BCUT2D eigenvalue weighted by molar-refractivity contribution is 7.88. The van der Waals surface area contributed by atoms with E-state index < -0.39 is 27.2 Å². The summed E-state index contributed by atoms with van der Waals surface area (Å²) >= 11 is 5.11. The second kappa shape index (κ2) is 5.15. The number of halogens is 2. The van der Waals surface area contributed by atoms with Gasteiger partial charge >= 0.3 is 0 Å². The number of aromatic amines is 1. The van der Waals surface area contributed by atoms with E-state index in [1.54, 1.807) is 13.8 Å². The molecule has 1 aromatic heterocycles. The van der Waals surface area contributed by atoms with Crippen molar-refractivity contribution in [1.29, 1.82) is 0 Å². The fourth-order valence-electron chi connectivity index (χ4n) is 2.27. The van der Waals surface area contributed by atoms with Crippen LogP contribution in [0.4, 0.5) is 8.78 Å². The molecule has 2 aromatic rings. The zero-order valence-corrected chi connectivity index (χ0v) is 13.3. The molecule has 0 bridgehead atoms. The topological polar surface area (TPSA) is 66.9 Å². The van der Waals surface area contributed by atoms with Crippen LogP contribution in [0.1, 0.15) is 13.8 Å². The smallest absolute Gasteiger partial charge is 0.209 e. The zero-order chi connectivity index (χ0) is 16.0. The van der Waals surface area contributed by atoms with Crippen LogP contribution in [-0.2, 0) is 16.6 Å². The van der Waals surface area contributed by atoms with Crippen LogP contribution in [0.15, 0.2) is 12.1 Å². The molecule has 21 heavy (non-hydrogen) atoms.